The number of carbonyl (C=O) groups is 1. The molecule has 0 bridgehead atoms. The first kappa shape index (κ1) is 14.3. The van der Waals surface area contributed by atoms with Crippen LogP contribution >= 0.6 is 0 Å². The van der Waals surface area contributed by atoms with E-state index in [1.807, 2.05) is 6.92 Å². The van der Waals surface area contributed by atoms with Crippen molar-refractivity contribution in [3.8, 4) is 0 Å². The molecule has 0 heterocycles. The van der Waals surface area contributed by atoms with Gasteiger partial charge in [-0.05, 0) is 25.1 Å². The minimum absolute atomic E-state index is 0.0532. The summed E-state index contributed by atoms with van der Waals surface area (Å²) in [6.07, 6.45) is 0.0636. The highest BCUT2D eigenvalue weighted by Gasteiger charge is 2.13. The standard InChI is InChI=1S/C13H21N3O2/c1-9(18-4)8-15-12-7-10(14)5-6-11(12)13(17)16(2)3/h5-7,9,15H,8,14H2,1-4H3. The van der Waals surface area contributed by atoms with E-state index >= 15 is 0 Å². The molecule has 1 atom stereocenters. The number of hydrogen-bond acceptors (Lipinski definition) is 4. The van der Waals surface area contributed by atoms with Crippen molar-refractivity contribution in [1.82, 2.24) is 4.90 Å². The molecule has 0 fully saturated rings. The van der Waals surface area contributed by atoms with Gasteiger partial charge in [-0.1, -0.05) is 0 Å². The summed E-state index contributed by atoms with van der Waals surface area (Å²) < 4.78 is 5.16. The molecule has 0 spiro atoms. The molecule has 1 rings (SSSR count). The van der Waals surface area contributed by atoms with E-state index in [1.54, 1.807) is 39.4 Å². The van der Waals surface area contributed by atoms with Gasteiger partial charge in [-0.15, -0.1) is 0 Å². The van der Waals surface area contributed by atoms with Gasteiger partial charge in [-0.25, -0.2) is 0 Å². The van der Waals surface area contributed by atoms with Crippen molar-refractivity contribution in [3.63, 3.8) is 0 Å². The monoisotopic (exact) mass is 251 g/mol. The number of amides is 1. The van der Waals surface area contributed by atoms with E-state index in [2.05, 4.69) is 5.32 Å². The lowest BCUT2D eigenvalue weighted by Gasteiger charge is -2.17. The molecule has 1 unspecified atom stereocenters. The quantitative estimate of drug-likeness (QED) is 0.777. The molecule has 100 valence electrons. The normalized spacial score (nSPS) is 12.0. The lowest BCUT2D eigenvalue weighted by Crippen LogP contribution is -2.24. The molecule has 5 heteroatoms. The zero-order valence-corrected chi connectivity index (χ0v) is 11.4. The Balaban J connectivity index is 2.93. The highest BCUT2D eigenvalue weighted by molar-refractivity contribution is 5.99. The van der Waals surface area contributed by atoms with Crippen LogP contribution in [0.25, 0.3) is 0 Å². The number of ether oxygens (including phenoxy) is 1. The second-order valence-electron chi connectivity index (χ2n) is 4.43. The zero-order chi connectivity index (χ0) is 13.7. The maximum Gasteiger partial charge on any atom is 0.255 e. The molecule has 1 aromatic rings. The average molecular weight is 251 g/mol. The Hall–Kier alpha value is -1.75. The van der Waals surface area contributed by atoms with Crippen LogP contribution in [0, 0.1) is 0 Å². The Morgan fingerprint density at radius 3 is 2.72 bits per heavy atom. The molecule has 0 aromatic heterocycles. The predicted octanol–water partition coefficient (Wildman–Crippen LogP) is 1.42. The van der Waals surface area contributed by atoms with Gasteiger partial charge in [0.25, 0.3) is 5.91 Å². The molecular formula is C13H21N3O2. The fourth-order valence-corrected chi connectivity index (χ4v) is 1.47. The number of hydrogen-bond donors (Lipinski definition) is 2. The maximum absolute atomic E-state index is 12.0. The largest absolute Gasteiger partial charge is 0.399 e. The number of anilines is 2. The van der Waals surface area contributed by atoms with Crippen LogP contribution in [0.5, 0.6) is 0 Å². The molecule has 0 aliphatic rings. The third-order valence-corrected chi connectivity index (χ3v) is 2.66. The highest BCUT2D eigenvalue weighted by atomic mass is 16.5. The number of nitrogens with two attached hydrogens (primary N) is 1. The topological polar surface area (TPSA) is 67.6 Å². The number of methoxy groups -OCH3 is 1. The Bertz CT molecular complexity index is 419. The molecular weight excluding hydrogens is 230 g/mol. The average Bonchev–Trinajstić information content (AvgIpc) is 2.35. The lowest BCUT2D eigenvalue weighted by atomic mass is 10.1. The van der Waals surface area contributed by atoms with Crippen molar-refractivity contribution < 1.29 is 9.53 Å². The van der Waals surface area contributed by atoms with Crippen molar-refractivity contribution in [2.45, 2.75) is 13.0 Å². The first-order valence-electron chi connectivity index (χ1n) is 5.83. The van der Waals surface area contributed by atoms with Crippen LogP contribution in [-0.2, 0) is 4.74 Å². The summed E-state index contributed by atoms with van der Waals surface area (Å²) >= 11 is 0. The van der Waals surface area contributed by atoms with E-state index in [1.165, 1.54) is 4.90 Å². The van der Waals surface area contributed by atoms with Crippen molar-refractivity contribution in [3.05, 3.63) is 23.8 Å². The Morgan fingerprint density at radius 1 is 1.50 bits per heavy atom. The Kier molecular flexibility index (Phi) is 4.97. The molecule has 0 aliphatic heterocycles. The number of nitrogens with zero attached hydrogens (tertiary/aromatic N) is 1. The van der Waals surface area contributed by atoms with Crippen molar-refractivity contribution >= 4 is 17.3 Å². The molecule has 18 heavy (non-hydrogen) atoms. The smallest absolute Gasteiger partial charge is 0.255 e. The van der Waals surface area contributed by atoms with Crippen LogP contribution in [0.2, 0.25) is 0 Å². The van der Waals surface area contributed by atoms with E-state index in [9.17, 15) is 4.79 Å². The summed E-state index contributed by atoms with van der Waals surface area (Å²) in [5.74, 6) is -0.0532. The van der Waals surface area contributed by atoms with Gasteiger partial charge in [-0.3, -0.25) is 4.79 Å². The van der Waals surface area contributed by atoms with Crippen LogP contribution in [0.15, 0.2) is 18.2 Å². The molecule has 0 aliphatic carbocycles. The first-order valence-corrected chi connectivity index (χ1v) is 5.83. The maximum atomic E-state index is 12.0. The van der Waals surface area contributed by atoms with E-state index < -0.39 is 0 Å². The van der Waals surface area contributed by atoms with Crippen LogP contribution < -0.4 is 11.1 Å². The van der Waals surface area contributed by atoms with E-state index in [0.717, 1.165) is 5.69 Å². The van der Waals surface area contributed by atoms with Crippen molar-refractivity contribution in [2.24, 2.45) is 0 Å². The third kappa shape index (κ3) is 3.63. The summed E-state index contributed by atoms with van der Waals surface area (Å²) in [6.45, 7) is 2.57. The second kappa shape index (κ2) is 6.26. The molecule has 5 nitrogen and oxygen atoms in total. The van der Waals surface area contributed by atoms with Gasteiger partial charge < -0.3 is 20.7 Å². The molecule has 3 N–H and O–H groups in total. The minimum Gasteiger partial charge on any atom is -0.399 e. The molecule has 0 radical (unpaired) electrons. The third-order valence-electron chi connectivity index (χ3n) is 2.66. The van der Waals surface area contributed by atoms with Crippen LogP contribution in [-0.4, -0.2) is 44.7 Å². The summed E-state index contributed by atoms with van der Waals surface area (Å²) in [4.78, 5) is 13.5. The van der Waals surface area contributed by atoms with Gasteiger partial charge in [0, 0.05) is 39.1 Å². The van der Waals surface area contributed by atoms with Gasteiger partial charge in [0.2, 0.25) is 0 Å². The highest BCUT2D eigenvalue weighted by Crippen LogP contribution is 2.20. The molecule has 0 saturated carbocycles. The molecule has 0 saturated heterocycles. The fraction of sp³-hybridized carbons (Fsp3) is 0.462. The SMILES string of the molecule is COC(C)CNc1cc(N)ccc1C(=O)N(C)C. The Labute approximate surface area is 108 Å². The summed E-state index contributed by atoms with van der Waals surface area (Å²) in [7, 11) is 5.10. The number of benzene rings is 1. The predicted molar refractivity (Wildman–Crippen MR) is 73.8 cm³/mol. The van der Waals surface area contributed by atoms with Gasteiger partial charge >= 0.3 is 0 Å². The van der Waals surface area contributed by atoms with Gasteiger partial charge in [0.1, 0.15) is 0 Å². The second-order valence-corrected chi connectivity index (χ2v) is 4.43. The van der Waals surface area contributed by atoms with Crippen LogP contribution in [0.3, 0.4) is 0 Å². The lowest BCUT2D eigenvalue weighted by molar-refractivity contribution is 0.0828. The van der Waals surface area contributed by atoms with Crippen molar-refractivity contribution in [1.29, 1.82) is 0 Å². The van der Waals surface area contributed by atoms with E-state index in [0.29, 0.717) is 17.8 Å². The first-order chi connectivity index (χ1) is 8.45. The van der Waals surface area contributed by atoms with Crippen LogP contribution in [0.1, 0.15) is 17.3 Å². The summed E-state index contributed by atoms with van der Waals surface area (Å²) in [5.41, 5.74) is 7.71. The van der Waals surface area contributed by atoms with Gasteiger partial charge in [0.15, 0.2) is 0 Å². The van der Waals surface area contributed by atoms with E-state index in [4.69, 9.17) is 10.5 Å². The number of nitrogens with one attached hydrogen (secondary N) is 1. The number of rotatable bonds is 5. The summed E-state index contributed by atoms with van der Waals surface area (Å²) in [6, 6.07) is 5.22. The Morgan fingerprint density at radius 2 is 2.17 bits per heavy atom. The number of nitrogen functional groups attached to an aromatic ring is 1. The van der Waals surface area contributed by atoms with Crippen LogP contribution in [0.4, 0.5) is 11.4 Å². The van der Waals surface area contributed by atoms with Crippen molar-refractivity contribution in [2.75, 3.05) is 38.8 Å². The number of carbonyl (C=O) groups excluding carboxylic acids is 1. The minimum atomic E-state index is -0.0532. The summed E-state index contributed by atoms with van der Waals surface area (Å²) in [5, 5.41) is 3.19. The molecule has 1 amide bonds. The van der Waals surface area contributed by atoms with E-state index in [-0.39, 0.29) is 12.0 Å². The fourth-order valence-electron chi connectivity index (χ4n) is 1.47. The zero-order valence-electron chi connectivity index (χ0n) is 11.4. The van der Waals surface area contributed by atoms with Gasteiger partial charge in [-0.2, -0.15) is 0 Å². The van der Waals surface area contributed by atoms with Gasteiger partial charge in [0.05, 0.1) is 11.7 Å². The molecule has 1 aromatic carbocycles.